The van der Waals surface area contributed by atoms with Crippen LogP contribution in [0.1, 0.15) is 10.4 Å². The summed E-state index contributed by atoms with van der Waals surface area (Å²) in [4.78, 5) is 26.4. The second kappa shape index (κ2) is 6.38. The highest BCUT2D eigenvalue weighted by Crippen LogP contribution is 2.23. The molecule has 21 heavy (non-hydrogen) atoms. The Hall–Kier alpha value is -3.09. The molecule has 0 saturated heterocycles. The first-order valence-corrected chi connectivity index (χ1v) is 6.11. The van der Waals surface area contributed by atoms with Gasteiger partial charge in [0.25, 0.3) is 5.91 Å². The normalized spacial score (nSPS) is 9.76. The number of carbonyl (C=O) groups excluding carboxylic acids is 2. The van der Waals surface area contributed by atoms with Crippen LogP contribution in [0, 0.1) is 0 Å². The molecule has 1 heterocycles. The van der Waals surface area contributed by atoms with E-state index >= 15 is 0 Å². The molecule has 0 bridgehead atoms. The van der Waals surface area contributed by atoms with Crippen molar-refractivity contribution in [1.82, 2.24) is 10.3 Å². The van der Waals surface area contributed by atoms with E-state index in [1.165, 1.54) is 12.3 Å². The average molecular weight is 286 g/mol. The number of amides is 3. The maximum absolute atomic E-state index is 11.5. The van der Waals surface area contributed by atoms with E-state index in [2.05, 4.69) is 15.6 Å². The van der Waals surface area contributed by atoms with Crippen LogP contribution in [0.4, 0.5) is 10.5 Å². The number of rotatable bonds is 4. The molecule has 0 spiro atoms. The summed E-state index contributed by atoms with van der Waals surface area (Å²) in [6.07, 6.45) is 1.48. The highest BCUT2D eigenvalue weighted by atomic mass is 16.5. The Labute approximate surface area is 121 Å². The molecule has 1 aromatic heterocycles. The Balaban J connectivity index is 2.18. The van der Waals surface area contributed by atoms with Crippen molar-refractivity contribution in [2.24, 2.45) is 5.73 Å². The van der Waals surface area contributed by atoms with Crippen molar-refractivity contribution in [2.45, 2.75) is 0 Å². The zero-order chi connectivity index (χ0) is 15.2. The Morgan fingerprint density at radius 1 is 1.24 bits per heavy atom. The lowest BCUT2D eigenvalue weighted by atomic mass is 10.2. The summed E-state index contributed by atoms with van der Waals surface area (Å²) in [6, 6.07) is 9.10. The molecule has 7 nitrogen and oxygen atoms in total. The van der Waals surface area contributed by atoms with Crippen LogP contribution in [0.5, 0.6) is 11.6 Å². The third-order valence-electron chi connectivity index (χ3n) is 2.55. The summed E-state index contributed by atoms with van der Waals surface area (Å²) < 4.78 is 5.55. The first kappa shape index (κ1) is 14.3. The minimum atomic E-state index is -0.660. The molecule has 7 heteroatoms. The maximum atomic E-state index is 11.5. The van der Waals surface area contributed by atoms with E-state index in [1.807, 2.05) is 0 Å². The first-order valence-electron chi connectivity index (χ1n) is 6.11. The van der Waals surface area contributed by atoms with Crippen LogP contribution in [-0.4, -0.2) is 24.0 Å². The largest absolute Gasteiger partial charge is 0.439 e. The molecule has 0 aliphatic carbocycles. The zero-order valence-corrected chi connectivity index (χ0v) is 11.3. The fourth-order valence-corrected chi connectivity index (χ4v) is 1.65. The van der Waals surface area contributed by atoms with Crippen LogP contribution in [0.3, 0.4) is 0 Å². The molecular weight excluding hydrogens is 272 g/mol. The van der Waals surface area contributed by atoms with Gasteiger partial charge in [0.05, 0.1) is 0 Å². The van der Waals surface area contributed by atoms with Crippen molar-refractivity contribution in [2.75, 3.05) is 12.4 Å². The Bertz CT molecular complexity index is 673. The molecule has 0 fully saturated rings. The SMILES string of the molecule is CNC(=O)c1ccnc(Oc2cccc(NC(N)=O)c2)c1. The number of ether oxygens (including phenoxy) is 1. The number of urea groups is 1. The summed E-state index contributed by atoms with van der Waals surface area (Å²) in [5, 5.41) is 4.96. The summed E-state index contributed by atoms with van der Waals surface area (Å²) in [5.41, 5.74) is 5.99. The van der Waals surface area contributed by atoms with Crippen LogP contribution in [0.25, 0.3) is 0 Å². The number of nitrogens with two attached hydrogens (primary N) is 1. The summed E-state index contributed by atoms with van der Waals surface area (Å²) in [6.45, 7) is 0. The summed E-state index contributed by atoms with van der Waals surface area (Å²) >= 11 is 0. The van der Waals surface area contributed by atoms with E-state index < -0.39 is 6.03 Å². The maximum Gasteiger partial charge on any atom is 0.316 e. The topological polar surface area (TPSA) is 106 Å². The standard InChI is InChI=1S/C14H14N4O3/c1-16-13(19)9-5-6-17-12(7-9)21-11-4-2-3-10(8-11)18-14(15)20/h2-8H,1H3,(H,16,19)(H3,15,18,20). The Morgan fingerprint density at radius 3 is 2.76 bits per heavy atom. The van der Waals surface area contributed by atoms with Crippen molar-refractivity contribution in [1.29, 1.82) is 0 Å². The number of carbonyl (C=O) groups is 2. The minimum absolute atomic E-state index is 0.230. The van der Waals surface area contributed by atoms with Crippen molar-refractivity contribution in [3.63, 3.8) is 0 Å². The highest BCUT2D eigenvalue weighted by Gasteiger charge is 2.06. The van der Waals surface area contributed by atoms with Crippen LogP contribution >= 0.6 is 0 Å². The number of anilines is 1. The van der Waals surface area contributed by atoms with E-state index in [0.29, 0.717) is 17.0 Å². The Kier molecular flexibility index (Phi) is 4.35. The predicted octanol–water partition coefficient (Wildman–Crippen LogP) is 1.72. The van der Waals surface area contributed by atoms with Gasteiger partial charge in [0.2, 0.25) is 5.88 Å². The van der Waals surface area contributed by atoms with Crippen molar-refractivity contribution >= 4 is 17.6 Å². The molecule has 2 rings (SSSR count). The molecule has 1 aromatic carbocycles. The predicted molar refractivity (Wildman–Crippen MR) is 77.3 cm³/mol. The number of hydrogen-bond donors (Lipinski definition) is 3. The lowest BCUT2D eigenvalue weighted by molar-refractivity contribution is 0.0962. The summed E-state index contributed by atoms with van der Waals surface area (Å²) in [7, 11) is 1.54. The van der Waals surface area contributed by atoms with E-state index in [9.17, 15) is 9.59 Å². The smallest absolute Gasteiger partial charge is 0.316 e. The van der Waals surface area contributed by atoms with Gasteiger partial charge in [-0.25, -0.2) is 9.78 Å². The molecule has 3 amide bonds. The molecule has 0 unspecified atom stereocenters. The molecule has 108 valence electrons. The monoisotopic (exact) mass is 286 g/mol. The van der Waals surface area contributed by atoms with Crippen LogP contribution in [0.15, 0.2) is 42.6 Å². The second-order valence-corrected chi connectivity index (χ2v) is 4.08. The number of primary amides is 1. The van der Waals surface area contributed by atoms with Crippen LogP contribution < -0.4 is 21.1 Å². The van der Waals surface area contributed by atoms with Gasteiger partial charge < -0.3 is 21.1 Å². The number of nitrogens with zero attached hydrogens (tertiary/aromatic N) is 1. The zero-order valence-electron chi connectivity index (χ0n) is 11.3. The number of aromatic nitrogens is 1. The molecular formula is C14H14N4O3. The molecule has 0 aliphatic heterocycles. The number of benzene rings is 1. The number of nitrogens with one attached hydrogen (secondary N) is 2. The quantitative estimate of drug-likeness (QED) is 0.795. The highest BCUT2D eigenvalue weighted by molar-refractivity contribution is 5.94. The third kappa shape index (κ3) is 3.93. The van der Waals surface area contributed by atoms with Crippen LogP contribution in [-0.2, 0) is 0 Å². The van der Waals surface area contributed by atoms with Gasteiger partial charge in [0.15, 0.2) is 0 Å². The van der Waals surface area contributed by atoms with E-state index in [4.69, 9.17) is 10.5 Å². The number of pyridine rings is 1. The fourth-order valence-electron chi connectivity index (χ4n) is 1.65. The van der Waals surface area contributed by atoms with Gasteiger partial charge in [0, 0.05) is 36.6 Å². The minimum Gasteiger partial charge on any atom is -0.439 e. The van der Waals surface area contributed by atoms with E-state index in [-0.39, 0.29) is 11.8 Å². The van der Waals surface area contributed by atoms with Crippen molar-refractivity contribution < 1.29 is 14.3 Å². The van der Waals surface area contributed by atoms with Crippen molar-refractivity contribution in [3.05, 3.63) is 48.2 Å². The van der Waals surface area contributed by atoms with Crippen LogP contribution in [0.2, 0.25) is 0 Å². The summed E-state index contributed by atoms with van der Waals surface area (Å²) in [5.74, 6) is 0.501. The van der Waals surface area contributed by atoms with Gasteiger partial charge in [-0.2, -0.15) is 0 Å². The fraction of sp³-hybridized carbons (Fsp3) is 0.0714. The molecule has 0 aliphatic rings. The average Bonchev–Trinajstić information content (AvgIpc) is 2.46. The van der Waals surface area contributed by atoms with E-state index in [0.717, 1.165) is 0 Å². The second-order valence-electron chi connectivity index (χ2n) is 4.08. The lowest BCUT2D eigenvalue weighted by Crippen LogP contribution is -2.19. The molecule has 0 atom stereocenters. The molecule has 0 saturated carbocycles. The number of hydrogen-bond acceptors (Lipinski definition) is 4. The molecule has 2 aromatic rings. The first-order chi connectivity index (χ1) is 10.1. The van der Waals surface area contributed by atoms with Gasteiger partial charge in [-0.1, -0.05) is 6.07 Å². The van der Waals surface area contributed by atoms with Gasteiger partial charge in [-0.05, 0) is 18.2 Å². The van der Waals surface area contributed by atoms with Gasteiger partial charge in [-0.15, -0.1) is 0 Å². The van der Waals surface area contributed by atoms with E-state index in [1.54, 1.807) is 37.4 Å². The van der Waals surface area contributed by atoms with Gasteiger partial charge in [-0.3, -0.25) is 4.79 Å². The molecule has 4 N–H and O–H groups in total. The third-order valence-corrected chi connectivity index (χ3v) is 2.55. The lowest BCUT2D eigenvalue weighted by Gasteiger charge is -2.08. The van der Waals surface area contributed by atoms with Gasteiger partial charge >= 0.3 is 6.03 Å². The van der Waals surface area contributed by atoms with Gasteiger partial charge in [0.1, 0.15) is 5.75 Å². The van der Waals surface area contributed by atoms with Crippen molar-refractivity contribution in [3.8, 4) is 11.6 Å². The molecule has 0 radical (unpaired) electrons. The Morgan fingerprint density at radius 2 is 2.05 bits per heavy atom.